The molecule has 0 aliphatic heterocycles. The fourth-order valence-electron chi connectivity index (χ4n) is 3.08. The third-order valence-electron chi connectivity index (χ3n) is 4.93. The summed E-state index contributed by atoms with van der Waals surface area (Å²) in [4.78, 5) is 31.5. The molecule has 1 amide bonds. The van der Waals surface area contributed by atoms with E-state index in [1.165, 1.54) is 27.8 Å². The number of carbonyl (C=O) groups is 1. The Kier molecular flexibility index (Phi) is 5.94. The molecule has 0 aliphatic carbocycles. The van der Waals surface area contributed by atoms with E-state index < -0.39 is 0 Å². The van der Waals surface area contributed by atoms with Crippen LogP contribution in [0.1, 0.15) is 26.6 Å². The van der Waals surface area contributed by atoms with Crippen molar-refractivity contribution in [3.05, 3.63) is 62.8 Å². The van der Waals surface area contributed by atoms with Gasteiger partial charge in [-0.05, 0) is 62.4 Å². The number of anilines is 1. The lowest BCUT2D eigenvalue weighted by Crippen LogP contribution is -2.23. The van der Waals surface area contributed by atoms with Crippen molar-refractivity contribution in [1.29, 1.82) is 0 Å². The van der Waals surface area contributed by atoms with Gasteiger partial charge in [0.05, 0.1) is 17.0 Å². The van der Waals surface area contributed by atoms with Crippen LogP contribution in [0.3, 0.4) is 0 Å². The largest absolute Gasteiger partial charge is 0.321 e. The molecule has 0 atom stereocenters. The molecule has 0 fully saturated rings. The lowest BCUT2D eigenvalue weighted by atomic mass is 10.1. The maximum atomic E-state index is 12.9. The van der Waals surface area contributed by atoms with Crippen molar-refractivity contribution < 1.29 is 4.79 Å². The zero-order valence-electron chi connectivity index (χ0n) is 18.2. The SMILES string of the molecule is Cc1nc(-c2c(C)c(C)nn(C)c2=O)sc1C(=O)Nc1ccc(Sc2nncn2C)cc1. The first-order valence-corrected chi connectivity index (χ1v) is 11.3. The van der Waals surface area contributed by atoms with Crippen LogP contribution in [0.2, 0.25) is 0 Å². The molecular weight excluding hydrogens is 446 g/mol. The monoisotopic (exact) mass is 467 g/mol. The second kappa shape index (κ2) is 8.67. The third-order valence-corrected chi connectivity index (χ3v) is 7.17. The second-order valence-corrected chi connectivity index (χ2v) is 9.29. The van der Waals surface area contributed by atoms with Crippen molar-refractivity contribution in [2.24, 2.45) is 14.1 Å². The van der Waals surface area contributed by atoms with E-state index >= 15 is 0 Å². The van der Waals surface area contributed by atoms with Gasteiger partial charge in [-0.25, -0.2) is 9.67 Å². The second-order valence-electron chi connectivity index (χ2n) is 7.25. The molecule has 4 rings (SSSR count). The first kappa shape index (κ1) is 21.9. The van der Waals surface area contributed by atoms with Gasteiger partial charge < -0.3 is 9.88 Å². The summed E-state index contributed by atoms with van der Waals surface area (Å²) in [6.45, 7) is 5.46. The maximum Gasteiger partial charge on any atom is 0.277 e. The van der Waals surface area contributed by atoms with E-state index in [4.69, 9.17) is 0 Å². The molecule has 0 aliphatic rings. The number of carbonyl (C=O) groups excluding carboxylic acids is 1. The number of benzene rings is 1. The fourth-order valence-corrected chi connectivity index (χ4v) is 4.90. The Labute approximate surface area is 192 Å². The summed E-state index contributed by atoms with van der Waals surface area (Å²) in [6.07, 6.45) is 1.65. The van der Waals surface area contributed by atoms with Crippen molar-refractivity contribution in [3.63, 3.8) is 0 Å². The zero-order valence-corrected chi connectivity index (χ0v) is 19.8. The molecule has 1 N–H and O–H groups in total. The first-order chi connectivity index (χ1) is 15.2. The highest BCUT2D eigenvalue weighted by atomic mass is 32.2. The number of nitrogens with zero attached hydrogens (tertiary/aromatic N) is 6. The molecule has 4 aromatic rings. The van der Waals surface area contributed by atoms with Crippen LogP contribution in [0.4, 0.5) is 5.69 Å². The number of aryl methyl sites for hydroxylation is 4. The highest BCUT2D eigenvalue weighted by molar-refractivity contribution is 7.99. The van der Waals surface area contributed by atoms with Gasteiger partial charge in [0.1, 0.15) is 16.2 Å². The molecule has 11 heteroatoms. The van der Waals surface area contributed by atoms with Crippen LogP contribution in [-0.2, 0) is 14.1 Å². The fraction of sp³-hybridized carbons (Fsp3) is 0.238. The molecule has 3 aromatic heterocycles. The first-order valence-electron chi connectivity index (χ1n) is 9.70. The molecule has 0 saturated heterocycles. The predicted octanol–water partition coefficient (Wildman–Crippen LogP) is 3.36. The highest BCUT2D eigenvalue weighted by Gasteiger charge is 2.21. The van der Waals surface area contributed by atoms with E-state index in [1.807, 2.05) is 49.7 Å². The molecule has 164 valence electrons. The van der Waals surface area contributed by atoms with Crippen molar-refractivity contribution in [2.75, 3.05) is 5.32 Å². The Bertz CT molecular complexity index is 1370. The third kappa shape index (κ3) is 4.21. The molecule has 1 aromatic carbocycles. The highest BCUT2D eigenvalue weighted by Crippen LogP contribution is 2.30. The van der Waals surface area contributed by atoms with Crippen LogP contribution in [0.25, 0.3) is 10.6 Å². The molecule has 0 radical (unpaired) electrons. The summed E-state index contributed by atoms with van der Waals surface area (Å²) < 4.78 is 3.14. The standard InChI is InChI=1S/C21H21N7O2S2/c1-11-12(2)26-28(5)20(30)16(11)19-23-13(3)17(32-19)18(29)24-14-6-8-15(9-7-14)31-21-25-22-10-27(21)4/h6-10H,1-5H3,(H,24,29). The Morgan fingerprint density at radius 3 is 2.47 bits per heavy atom. The normalized spacial score (nSPS) is 11.0. The summed E-state index contributed by atoms with van der Waals surface area (Å²) in [5.74, 6) is -0.264. The summed E-state index contributed by atoms with van der Waals surface area (Å²) in [7, 11) is 3.49. The van der Waals surface area contributed by atoms with Crippen molar-refractivity contribution in [3.8, 4) is 10.6 Å². The zero-order chi connectivity index (χ0) is 23.0. The average molecular weight is 468 g/mol. The van der Waals surface area contributed by atoms with Crippen molar-refractivity contribution >= 4 is 34.7 Å². The van der Waals surface area contributed by atoms with Crippen LogP contribution in [0, 0.1) is 20.8 Å². The summed E-state index contributed by atoms with van der Waals surface area (Å²) >= 11 is 2.69. The van der Waals surface area contributed by atoms with E-state index in [-0.39, 0.29) is 11.5 Å². The lowest BCUT2D eigenvalue weighted by Gasteiger charge is -2.07. The van der Waals surface area contributed by atoms with Gasteiger partial charge in [0.15, 0.2) is 5.16 Å². The quantitative estimate of drug-likeness (QED) is 0.479. The van der Waals surface area contributed by atoms with Gasteiger partial charge in [0.25, 0.3) is 11.5 Å². The van der Waals surface area contributed by atoms with Crippen LogP contribution in [0.15, 0.2) is 45.4 Å². The molecule has 3 heterocycles. The van der Waals surface area contributed by atoms with Gasteiger partial charge in [0, 0.05) is 24.7 Å². The topological polar surface area (TPSA) is 108 Å². The van der Waals surface area contributed by atoms with Crippen LogP contribution >= 0.6 is 23.1 Å². The van der Waals surface area contributed by atoms with E-state index in [2.05, 4.69) is 25.6 Å². The number of hydrogen-bond donors (Lipinski definition) is 1. The molecule has 0 spiro atoms. The average Bonchev–Trinajstić information content (AvgIpc) is 3.33. The van der Waals surface area contributed by atoms with Gasteiger partial charge >= 0.3 is 0 Å². The molecule has 0 unspecified atom stereocenters. The smallest absolute Gasteiger partial charge is 0.277 e. The number of amides is 1. The summed E-state index contributed by atoms with van der Waals surface area (Å²) in [6, 6.07) is 7.49. The number of nitrogens with one attached hydrogen (secondary N) is 1. The van der Waals surface area contributed by atoms with Crippen molar-refractivity contribution in [1.82, 2.24) is 29.5 Å². The van der Waals surface area contributed by atoms with E-state index in [0.717, 1.165) is 21.3 Å². The number of aromatic nitrogens is 6. The van der Waals surface area contributed by atoms with Gasteiger partial charge in [-0.2, -0.15) is 5.10 Å². The van der Waals surface area contributed by atoms with Crippen molar-refractivity contribution in [2.45, 2.75) is 30.8 Å². The van der Waals surface area contributed by atoms with Crippen LogP contribution < -0.4 is 10.9 Å². The number of rotatable bonds is 5. The Morgan fingerprint density at radius 2 is 1.81 bits per heavy atom. The van der Waals surface area contributed by atoms with E-state index in [0.29, 0.717) is 26.8 Å². The van der Waals surface area contributed by atoms with Gasteiger partial charge in [-0.3, -0.25) is 9.59 Å². The lowest BCUT2D eigenvalue weighted by molar-refractivity contribution is 0.103. The predicted molar refractivity (Wildman–Crippen MR) is 124 cm³/mol. The van der Waals surface area contributed by atoms with Crippen LogP contribution in [-0.4, -0.2) is 35.4 Å². The summed E-state index contributed by atoms with van der Waals surface area (Å²) in [5, 5.41) is 16.3. The number of hydrogen-bond acceptors (Lipinski definition) is 8. The Morgan fingerprint density at radius 1 is 1.09 bits per heavy atom. The molecule has 0 saturated carbocycles. The Hall–Kier alpha value is -3.31. The minimum absolute atomic E-state index is 0.232. The molecule has 9 nitrogen and oxygen atoms in total. The van der Waals surface area contributed by atoms with Gasteiger partial charge in [0.2, 0.25) is 0 Å². The molecule has 32 heavy (non-hydrogen) atoms. The van der Waals surface area contributed by atoms with E-state index in [9.17, 15) is 9.59 Å². The van der Waals surface area contributed by atoms with E-state index in [1.54, 1.807) is 20.3 Å². The maximum absolute atomic E-state index is 12.9. The molecule has 0 bridgehead atoms. The minimum atomic E-state index is -0.264. The Balaban J connectivity index is 1.55. The summed E-state index contributed by atoms with van der Waals surface area (Å²) in [5.41, 5.74) is 3.01. The van der Waals surface area contributed by atoms with Gasteiger partial charge in [-0.1, -0.05) is 0 Å². The van der Waals surface area contributed by atoms with Crippen LogP contribution in [0.5, 0.6) is 0 Å². The minimum Gasteiger partial charge on any atom is -0.321 e. The van der Waals surface area contributed by atoms with Gasteiger partial charge in [-0.15, -0.1) is 21.5 Å². The molecular formula is C21H21N7O2S2. The number of thiazole rings is 1.